The zero-order valence-corrected chi connectivity index (χ0v) is 15.2. The normalized spacial score (nSPS) is 11.2. The molecule has 1 amide bonds. The van der Waals surface area contributed by atoms with Crippen LogP contribution in [0.2, 0.25) is 10.0 Å². The number of ether oxygens (including phenoxy) is 2. The van der Waals surface area contributed by atoms with Crippen molar-refractivity contribution < 1.29 is 19.1 Å². The summed E-state index contributed by atoms with van der Waals surface area (Å²) in [7, 11) is 0. The summed E-state index contributed by atoms with van der Waals surface area (Å²) in [5.41, 5.74) is 0.797. The smallest absolute Gasteiger partial charge is 0.344 e. The van der Waals surface area contributed by atoms with Gasteiger partial charge in [-0.05, 0) is 49.4 Å². The number of benzene rings is 2. The first-order valence-corrected chi connectivity index (χ1v) is 8.23. The molecule has 8 heteroatoms. The number of halogens is 2. The fourth-order valence-corrected chi connectivity index (χ4v) is 2.22. The maximum Gasteiger partial charge on any atom is 0.344 e. The molecule has 6 nitrogen and oxygen atoms in total. The van der Waals surface area contributed by atoms with Crippen molar-refractivity contribution in [3.63, 3.8) is 0 Å². The van der Waals surface area contributed by atoms with Gasteiger partial charge in [-0.25, -0.2) is 4.79 Å². The molecule has 0 spiro atoms. The molecule has 0 bridgehead atoms. The lowest BCUT2D eigenvalue weighted by molar-refractivity contribution is -0.155. The molecule has 134 valence electrons. The Hall–Kier alpha value is -2.75. The van der Waals surface area contributed by atoms with E-state index in [1.165, 1.54) is 13.0 Å². The summed E-state index contributed by atoms with van der Waals surface area (Å²) < 4.78 is 10.3. The molecule has 2 rings (SSSR count). The Labute approximate surface area is 160 Å². The van der Waals surface area contributed by atoms with Crippen LogP contribution in [0.1, 0.15) is 12.5 Å². The molecule has 1 atom stereocenters. The summed E-state index contributed by atoms with van der Waals surface area (Å²) >= 11 is 11.8. The first-order chi connectivity index (χ1) is 12.4. The molecular formula is C18H14Cl2N2O4. The molecule has 0 aliphatic carbocycles. The lowest BCUT2D eigenvalue weighted by Gasteiger charge is -2.14. The van der Waals surface area contributed by atoms with Crippen LogP contribution in [0.4, 0.5) is 5.69 Å². The van der Waals surface area contributed by atoms with Gasteiger partial charge in [-0.3, -0.25) is 4.79 Å². The molecule has 1 unspecified atom stereocenters. The monoisotopic (exact) mass is 392 g/mol. The van der Waals surface area contributed by atoms with Crippen molar-refractivity contribution in [2.24, 2.45) is 0 Å². The average molecular weight is 393 g/mol. The maximum atomic E-state index is 12.1. The van der Waals surface area contributed by atoms with Crippen LogP contribution in [0.3, 0.4) is 0 Å². The van der Waals surface area contributed by atoms with Crippen molar-refractivity contribution in [3.05, 3.63) is 58.1 Å². The zero-order chi connectivity index (χ0) is 19.1. The lowest BCUT2D eigenvalue weighted by atomic mass is 10.2. The van der Waals surface area contributed by atoms with Crippen LogP contribution in [0.5, 0.6) is 5.75 Å². The van der Waals surface area contributed by atoms with Gasteiger partial charge in [-0.15, -0.1) is 0 Å². The third kappa shape index (κ3) is 5.66. The summed E-state index contributed by atoms with van der Waals surface area (Å²) in [6, 6.07) is 12.8. The van der Waals surface area contributed by atoms with Gasteiger partial charge < -0.3 is 14.8 Å². The number of amides is 1. The average Bonchev–Trinajstić information content (AvgIpc) is 2.63. The highest BCUT2D eigenvalue weighted by Crippen LogP contribution is 2.25. The summed E-state index contributed by atoms with van der Waals surface area (Å²) in [5, 5.41) is 12.0. The van der Waals surface area contributed by atoms with Crippen LogP contribution < -0.4 is 10.1 Å². The largest absolute Gasteiger partial charge is 0.482 e. The van der Waals surface area contributed by atoms with E-state index in [-0.39, 0.29) is 6.61 Å². The summed E-state index contributed by atoms with van der Waals surface area (Å²) in [4.78, 5) is 23.9. The highest BCUT2D eigenvalue weighted by atomic mass is 35.5. The third-order valence-electron chi connectivity index (χ3n) is 3.20. The number of hydrogen-bond acceptors (Lipinski definition) is 5. The SMILES string of the molecule is CC(OC(=O)COc1ccc(C#N)cc1)C(=O)Nc1cc(Cl)ccc1Cl. The fraction of sp³-hybridized carbons (Fsp3) is 0.167. The van der Waals surface area contributed by atoms with E-state index in [0.717, 1.165) is 0 Å². The summed E-state index contributed by atoms with van der Waals surface area (Å²) in [6.07, 6.45) is -1.05. The number of carbonyl (C=O) groups is 2. The molecule has 2 aromatic carbocycles. The predicted octanol–water partition coefficient (Wildman–Crippen LogP) is 3.81. The van der Waals surface area contributed by atoms with Gasteiger partial charge in [0.1, 0.15) is 5.75 Å². The first kappa shape index (κ1) is 19.6. The minimum absolute atomic E-state index is 0.311. The molecular weight excluding hydrogens is 379 g/mol. The van der Waals surface area contributed by atoms with Crippen LogP contribution >= 0.6 is 23.2 Å². The Morgan fingerprint density at radius 1 is 1.19 bits per heavy atom. The number of nitrogens with one attached hydrogen (secondary N) is 1. The Morgan fingerprint density at radius 2 is 1.88 bits per heavy atom. The van der Waals surface area contributed by atoms with E-state index in [4.69, 9.17) is 37.9 Å². The molecule has 0 fully saturated rings. The number of esters is 1. The Balaban J connectivity index is 1.84. The van der Waals surface area contributed by atoms with Crippen molar-refractivity contribution in [2.75, 3.05) is 11.9 Å². The highest BCUT2D eigenvalue weighted by molar-refractivity contribution is 6.35. The van der Waals surface area contributed by atoms with Gasteiger partial charge in [0.2, 0.25) is 0 Å². The van der Waals surface area contributed by atoms with Gasteiger partial charge in [-0.1, -0.05) is 23.2 Å². The molecule has 2 aromatic rings. The summed E-state index contributed by atoms with van der Waals surface area (Å²) in [6.45, 7) is 1.05. The number of anilines is 1. The van der Waals surface area contributed by atoms with E-state index in [9.17, 15) is 9.59 Å². The van der Waals surface area contributed by atoms with E-state index in [1.54, 1.807) is 36.4 Å². The van der Waals surface area contributed by atoms with E-state index >= 15 is 0 Å². The van der Waals surface area contributed by atoms with Crippen molar-refractivity contribution in [3.8, 4) is 11.8 Å². The van der Waals surface area contributed by atoms with Crippen LogP contribution in [-0.2, 0) is 14.3 Å². The quantitative estimate of drug-likeness (QED) is 0.754. The van der Waals surface area contributed by atoms with Gasteiger partial charge in [0.25, 0.3) is 5.91 Å². The second kappa shape index (κ2) is 9.09. The Morgan fingerprint density at radius 3 is 2.54 bits per heavy atom. The van der Waals surface area contributed by atoms with E-state index < -0.39 is 18.0 Å². The standard InChI is InChI=1S/C18H14Cl2N2O4/c1-11(18(24)22-16-8-13(19)4-7-15(16)20)26-17(23)10-25-14-5-2-12(9-21)3-6-14/h2-8,11H,10H2,1H3,(H,22,24). The van der Waals surface area contributed by atoms with Crippen LogP contribution in [0.25, 0.3) is 0 Å². The minimum Gasteiger partial charge on any atom is -0.482 e. The number of nitriles is 1. The van der Waals surface area contributed by atoms with Crippen LogP contribution in [0, 0.1) is 11.3 Å². The minimum atomic E-state index is -1.05. The number of hydrogen-bond donors (Lipinski definition) is 1. The molecule has 0 saturated carbocycles. The van der Waals surface area contributed by atoms with E-state index in [0.29, 0.717) is 27.0 Å². The van der Waals surface area contributed by atoms with Gasteiger partial charge in [0.15, 0.2) is 12.7 Å². The van der Waals surface area contributed by atoms with Crippen LogP contribution in [-0.4, -0.2) is 24.6 Å². The van der Waals surface area contributed by atoms with E-state index in [1.807, 2.05) is 6.07 Å². The molecule has 1 N–H and O–H groups in total. The third-order valence-corrected chi connectivity index (χ3v) is 3.77. The Bertz CT molecular complexity index is 847. The predicted molar refractivity (Wildman–Crippen MR) is 97.3 cm³/mol. The molecule has 0 aliphatic heterocycles. The van der Waals surface area contributed by atoms with Crippen molar-refractivity contribution in [2.45, 2.75) is 13.0 Å². The second-order valence-electron chi connectivity index (χ2n) is 5.17. The summed E-state index contributed by atoms with van der Waals surface area (Å²) in [5.74, 6) is -0.862. The molecule has 0 heterocycles. The van der Waals surface area contributed by atoms with Gasteiger partial charge >= 0.3 is 5.97 Å². The number of carbonyl (C=O) groups excluding carboxylic acids is 2. The van der Waals surface area contributed by atoms with Gasteiger partial charge in [-0.2, -0.15) is 5.26 Å². The Kier molecular flexibility index (Phi) is 6.84. The second-order valence-corrected chi connectivity index (χ2v) is 6.01. The molecule has 0 saturated heterocycles. The maximum absolute atomic E-state index is 12.1. The van der Waals surface area contributed by atoms with Crippen molar-refractivity contribution in [1.29, 1.82) is 5.26 Å². The first-order valence-electron chi connectivity index (χ1n) is 7.47. The molecule has 0 aliphatic rings. The number of nitrogens with zero attached hydrogens (tertiary/aromatic N) is 1. The van der Waals surface area contributed by atoms with Crippen molar-refractivity contribution >= 4 is 40.8 Å². The fourth-order valence-electron chi connectivity index (χ4n) is 1.88. The molecule has 26 heavy (non-hydrogen) atoms. The topological polar surface area (TPSA) is 88.4 Å². The molecule has 0 aromatic heterocycles. The highest BCUT2D eigenvalue weighted by Gasteiger charge is 2.19. The number of rotatable bonds is 6. The van der Waals surface area contributed by atoms with Crippen molar-refractivity contribution in [1.82, 2.24) is 0 Å². The van der Waals surface area contributed by atoms with E-state index in [2.05, 4.69) is 5.32 Å². The van der Waals surface area contributed by atoms with Crippen LogP contribution in [0.15, 0.2) is 42.5 Å². The lowest BCUT2D eigenvalue weighted by Crippen LogP contribution is -2.31. The zero-order valence-electron chi connectivity index (χ0n) is 13.7. The van der Waals surface area contributed by atoms with Gasteiger partial charge in [0.05, 0.1) is 22.3 Å². The van der Waals surface area contributed by atoms with Gasteiger partial charge in [0, 0.05) is 5.02 Å². The molecule has 0 radical (unpaired) electrons.